The van der Waals surface area contributed by atoms with Crippen LogP contribution >= 0.6 is 32.9 Å². The van der Waals surface area contributed by atoms with Crippen LogP contribution in [0.25, 0.3) is 0 Å². The third-order valence-electron chi connectivity index (χ3n) is 2.88. The van der Waals surface area contributed by atoms with Crippen molar-refractivity contribution >= 4 is 32.9 Å². The zero-order chi connectivity index (χ0) is 9.19. The molecule has 0 aromatic heterocycles. The molecule has 0 spiro atoms. The third kappa shape index (κ3) is 4.30. The lowest BCUT2D eigenvalue weighted by molar-refractivity contribution is 0.165. The van der Waals surface area contributed by atoms with Gasteiger partial charge in [0.2, 0.25) is 0 Å². The molecule has 1 rings (SSSR count). The van der Waals surface area contributed by atoms with Crippen LogP contribution in [0.5, 0.6) is 0 Å². The third-order valence-corrected chi connectivity index (χ3v) is 3.80. The Labute approximate surface area is 101 Å². The Morgan fingerprint density at radius 1 is 1.31 bits per heavy atom. The molecule has 0 radical (unpaired) electrons. The van der Waals surface area contributed by atoms with Gasteiger partial charge in [0, 0.05) is 5.33 Å². The standard InChI is InChI=1S/C10H20BrN.BrH/c1-10(2,3)9-4-8(5-11)6-12-7-9;/h8-9,12H,4-7H2,1-3H3;1H/t8-,9-;/m0./s1. The molecule has 1 nitrogen and oxygen atoms in total. The highest BCUT2D eigenvalue weighted by Crippen LogP contribution is 2.33. The van der Waals surface area contributed by atoms with E-state index in [4.69, 9.17) is 0 Å². The van der Waals surface area contributed by atoms with E-state index in [1.54, 1.807) is 0 Å². The van der Waals surface area contributed by atoms with E-state index in [1.165, 1.54) is 19.5 Å². The first-order valence-corrected chi connectivity index (χ1v) is 5.93. The Kier molecular flexibility index (Phi) is 6.12. The lowest BCUT2D eigenvalue weighted by Crippen LogP contribution is -2.42. The Morgan fingerprint density at radius 2 is 1.92 bits per heavy atom. The maximum atomic E-state index is 3.57. The molecule has 1 N–H and O–H groups in total. The van der Waals surface area contributed by atoms with E-state index in [-0.39, 0.29) is 17.0 Å². The van der Waals surface area contributed by atoms with Gasteiger partial charge in [-0.2, -0.15) is 0 Å². The second-order valence-electron chi connectivity index (χ2n) is 4.98. The number of hydrogen-bond donors (Lipinski definition) is 1. The largest absolute Gasteiger partial charge is 0.316 e. The zero-order valence-corrected chi connectivity index (χ0v) is 12.1. The van der Waals surface area contributed by atoms with E-state index in [9.17, 15) is 0 Å². The van der Waals surface area contributed by atoms with Crippen molar-refractivity contribution in [1.29, 1.82) is 0 Å². The number of halogens is 2. The van der Waals surface area contributed by atoms with Crippen molar-refractivity contribution in [3.63, 3.8) is 0 Å². The van der Waals surface area contributed by atoms with E-state index < -0.39 is 0 Å². The summed E-state index contributed by atoms with van der Waals surface area (Å²) in [5.41, 5.74) is 0.466. The van der Waals surface area contributed by atoms with Crippen LogP contribution in [0.1, 0.15) is 27.2 Å². The quantitative estimate of drug-likeness (QED) is 0.733. The summed E-state index contributed by atoms with van der Waals surface area (Å²) in [5.74, 6) is 1.68. The molecule has 2 atom stereocenters. The summed E-state index contributed by atoms with van der Waals surface area (Å²) >= 11 is 3.57. The van der Waals surface area contributed by atoms with Gasteiger partial charge in [0.15, 0.2) is 0 Å². The summed E-state index contributed by atoms with van der Waals surface area (Å²) in [4.78, 5) is 0. The summed E-state index contributed by atoms with van der Waals surface area (Å²) < 4.78 is 0. The van der Waals surface area contributed by atoms with Crippen LogP contribution in [0.3, 0.4) is 0 Å². The monoisotopic (exact) mass is 313 g/mol. The smallest absolute Gasteiger partial charge is 0.00719 e. The highest BCUT2D eigenvalue weighted by molar-refractivity contribution is 9.09. The van der Waals surface area contributed by atoms with Gasteiger partial charge < -0.3 is 5.32 Å². The van der Waals surface area contributed by atoms with Crippen molar-refractivity contribution < 1.29 is 0 Å². The van der Waals surface area contributed by atoms with Crippen molar-refractivity contribution in [3.05, 3.63) is 0 Å². The second-order valence-corrected chi connectivity index (χ2v) is 5.62. The fourth-order valence-electron chi connectivity index (χ4n) is 1.81. The van der Waals surface area contributed by atoms with Gasteiger partial charge in [0.25, 0.3) is 0 Å². The lowest BCUT2D eigenvalue weighted by atomic mass is 9.74. The molecule has 1 fully saturated rings. The molecular formula is C10H21Br2N. The molecule has 0 aromatic carbocycles. The molecule has 0 aliphatic carbocycles. The summed E-state index contributed by atoms with van der Waals surface area (Å²) in [6.45, 7) is 9.42. The van der Waals surface area contributed by atoms with Crippen LogP contribution in [0.4, 0.5) is 0 Å². The molecular weight excluding hydrogens is 294 g/mol. The van der Waals surface area contributed by atoms with Crippen molar-refractivity contribution in [2.24, 2.45) is 17.3 Å². The minimum Gasteiger partial charge on any atom is -0.316 e. The maximum Gasteiger partial charge on any atom is 0.00719 e. The molecule has 3 heteroatoms. The zero-order valence-electron chi connectivity index (χ0n) is 8.77. The van der Waals surface area contributed by atoms with Crippen LogP contribution < -0.4 is 5.32 Å². The summed E-state index contributed by atoms with van der Waals surface area (Å²) in [5, 5.41) is 4.66. The molecule has 13 heavy (non-hydrogen) atoms. The molecule has 1 saturated heterocycles. The average molecular weight is 315 g/mol. The Bertz CT molecular complexity index is 142. The van der Waals surface area contributed by atoms with E-state index in [0.29, 0.717) is 5.41 Å². The first kappa shape index (κ1) is 13.9. The topological polar surface area (TPSA) is 12.0 Å². The predicted octanol–water partition coefficient (Wildman–Crippen LogP) is 3.23. The number of nitrogens with one attached hydrogen (secondary N) is 1. The minimum atomic E-state index is 0. The minimum absolute atomic E-state index is 0. The van der Waals surface area contributed by atoms with Crippen molar-refractivity contribution in [2.75, 3.05) is 18.4 Å². The summed E-state index contributed by atoms with van der Waals surface area (Å²) in [7, 11) is 0. The van der Waals surface area contributed by atoms with E-state index in [2.05, 4.69) is 42.0 Å². The van der Waals surface area contributed by atoms with Crippen LogP contribution in [-0.2, 0) is 0 Å². The highest BCUT2D eigenvalue weighted by Gasteiger charge is 2.29. The predicted molar refractivity (Wildman–Crippen MR) is 68.0 cm³/mol. The first-order valence-electron chi connectivity index (χ1n) is 4.80. The molecule has 0 amide bonds. The number of rotatable bonds is 1. The fraction of sp³-hybridized carbons (Fsp3) is 1.00. The molecule has 1 aliphatic rings. The molecule has 1 heterocycles. The number of alkyl halides is 1. The van der Waals surface area contributed by atoms with Gasteiger partial charge in [-0.05, 0) is 36.8 Å². The first-order chi connectivity index (χ1) is 5.54. The SMILES string of the molecule is Br.CC(C)(C)[C@@H]1CNC[C@H](CBr)C1. The van der Waals surface area contributed by atoms with Crippen molar-refractivity contribution in [2.45, 2.75) is 27.2 Å². The van der Waals surface area contributed by atoms with E-state index >= 15 is 0 Å². The lowest BCUT2D eigenvalue weighted by Gasteiger charge is -2.37. The van der Waals surface area contributed by atoms with Gasteiger partial charge in [-0.15, -0.1) is 17.0 Å². The molecule has 1 aliphatic heterocycles. The molecule has 80 valence electrons. The molecule has 0 bridgehead atoms. The Hall–Kier alpha value is 0.920. The molecule has 0 aromatic rings. The normalized spacial score (nSPS) is 29.5. The summed E-state index contributed by atoms with van der Waals surface area (Å²) in [6.07, 6.45) is 1.38. The van der Waals surface area contributed by atoms with Crippen molar-refractivity contribution in [1.82, 2.24) is 5.32 Å². The van der Waals surface area contributed by atoms with Crippen LogP contribution in [0.2, 0.25) is 0 Å². The fourth-order valence-corrected chi connectivity index (χ4v) is 2.30. The van der Waals surface area contributed by atoms with Crippen LogP contribution in [0, 0.1) is 17.3 Å². The van der Waals surface area contributed by atoms with Gasteiger partial charge in [-0.1, -0.05) is 36.7 Å². The van der Waals surface area contributed by atoms with Crippen LogP contribution in [-0.4, -0.2) is 18.4 Å². The van der Waals surface area contributed by atoms with Gasteiger partial charge in [-0.25, -0.2) is 0 Å². The Balaban J connectivity index is 0.00000144. The van der Waals surface area contributed by atoms with Gasteiger partial charge in [0.1, 0.15) is 0 Å². The van der Waals surface area contributed by atoms with Crippen molar-refractivity contribution in [3.8, 4) is 0 Å². The maximum absolute atomic E-state index is 3.57. The van der Waals surface area contributed by atoms with Crippen LogP contribution in [0.15, 0.2) is 0 Å². The van der Waals surface area contributed by atoms with Gasteiger partial charge >= 0.3 is 0 Å². The molecule has 0 saturated carbocycles. The Morgan fingerprint density at radius 3 is 2.38 bits per heavy atom. The summed E-state index contributed by atoms with van der Waals surface area (Å²) in [6, 6.07) is 0. The number of piperidine rings is 1. The van der Waals surface area contributed by atoms with E-state index in [1.807, 2.05) is 0 Å². The highest BCUT2D eigenvalue weighted by atomic mass is 79.9. The van der Waals surface area contributed by atoms with Gasteiger partial charge in [-0.3, -0.25) is 0 Å². The second kappa shape index (κ2) is 5.72. The van der Waals surface area contributed by atoms with Gasteiger partial charge in [0.05, 0.1) is 0 Å². The average Bonchev–Trinajstić information content (AvgIpc) is 2.03. The molecule has 0 unspecified atom stereocenters. The number of hydrogen-bond acceptors (Lipinski definition) is 1. The van der Waals surface area contributed by atoms with E-state index in [0.717, 1.165) is 17.2 Å².